The number of Topliss-reactive ketones (excluding diaryl/α,β-unsaturated/α-hetero) is 1. The van der Waals surface area contributed by atoms with Crippen molar-refractivity contribution in [3.8, 4) is 0 Å². The largest absolute Gasteiger partial charge is 0.455 e. The maximum Gasteiger partial charge on any atom is 0.331 e. The summed E-state index contributed by atoms with van der Waals surface area (Å²) in [6.45, 7) is 14.1. The highest BCUT2D eigenvalue weighted by Gasteiger charge is 2.28. The molecule has 2 unspecified atom stereocenters. The van der Waals surface area contributed by atoms with Crippen LogP contribution in [0.4, 0.5) is 0 Å². The van der Waals surface area contributed by atoms with E-state index in [1.807, 2.05) is 52.8 Å². The van der Waals surface area contributed by atoms with E-state index in [1.54, 1.807) is 0 Å². The molecular weight excluding hydrogens is 412 g/mol. The van der Waals surface area contributed by atoms with Crippen molar-refractivity contribution in [2.75, 3.05) is 0 Å². The topological polar surface area (TPSA) is 63.6 Å². The number of hydrogen-bond acceptors (Lipinski definition) is 4. The molecule has 1 aliphatic rings. The molecule has 0 bridgehead atoms. The number of allylic oxidation sites excluding steroid dienone is 7. The zero-order valence-corrected chi connectivity index (χ0v) is 21.6. The lowest BCUT2D eigenvalue weighted by Gasteiger charge is -2.24. The summed E-state index contributed by atoms with van der Waals surface area (Å²) in [4.78, 5) is 24.0. The molecule has 0 aromatic carbocycles. The highest BCUT2D eigenvalue weighted by Crippen LogP contribution is 2.21. The third-order valence-electron chi connectivity index (χ3n) is 6.36. The molecule has 0 fully saturated rings. The van der Waals surface area contributed by atoms with Crippen molar-refractivity contribution in [3.63, 3.8) is 0 Å². The smallest absolute Gasteiger partial charge is 0.331 e. The Morgan fingerprint density at radius 2 is 1.88 bits per heavy atom. The number of carbonyl (C=O) groups is 2. The van der Waals surface area contributed by atoms with Gasteiger partial charge in [-0.2, -0.15) is 0 Å². The van der Waals surface area contributed by atoms with Crippen LogP contribution in [0.2, 0.25) is 0 Å². The Balaban J connectivity index is 2.63. The van der Waals surface area contributed by atoms with Crippen LogP contribution in [0.5, 0.6) is 0 Å². The van der Waals surface area contributed by atoms with Crippen LogP contribution in [-0.4, -0.2) is 29.1 Å². The number of hydrogen-bond donors (Lipinski definition) is 1. The second-order valence-electron chi connectivity index (χ2n) is 9.45. The molecule has 1 heterocycles. The van der Waals surface area contributed by atoms with Crippen molar-refractivity contribution >= 4 is 11.8 Å². The van der Waals surface area contributed by atoms with E-state index in [0.29, 0.717) is 5.92 Å². The molecular formula is C29H44O4. The van der Waals surface area contributed by atoms with Crippen LogP contribution in [0, 0.1) is 23.7 Å². The molecule has 0 aromatic rings. The van der Waals surface area contributed by atoms with E-state index in [9.17, 15) is 14.7 Å². The minimum absolute atomic E-state index is 0.0883. The van der Waals surface area contributed by atoms with E-state index in [2.05, 4.69) is 38.2 Å². The summed E-state index contributed by atoms with van der Waals surface area (Å²) in [5.41, 5.74) is 2.28. The monoisotopic (exact) mass is 456 g/mol. The lowest BCUT2D eigenvalue weighted by Crippen LogP contribution is -2.33. The molecule has 0 saturated carbocycles. The van der Waals surface area contributed by atoms with Crippen LogP contribution in [-0.2, 0) is 14.3 Å². The summed E-state index contributed by atoms with van der Waals surface area (Å²) in [6, 6.07) is 0. The SMILES string of the molecule is CCC(=C/C(C)C/C=C/C(C)=C/[C@@H](C)C(=O)[C@@H](C)[C@H](O)[C@@H](C)CC)/C=C/C1CC=CC(=O)O1. The third-order valence-corrected chi connectivity index (χ3v) is 6.36. The highest BCUT2D eigenvalue weighted by molar-refractivity contribution is 5.85. The molecule has 0 aliphatic carbocycles. The average Bonchev–Trinajstić information content (AvgIpc) is 2.79. The van der Waals surface area contributed by atoms with E-state index < -0.39 is 6.10 Å². The lowest BCUT2D eigenvalue weighted by molar-refractivity contribution is -0.141. The second-order valence-corrected chi connectivity index (χ2v) is 9.45. The van der Waals surface area contributed by atoms with Gasteiger partial charge in [0.2, 0.25) is 0 Å². The predicted octanol–water partition coefficient (Wildman–Crippen LogP) is 6.53. The molecule has 0 aromatic heterocycles. The molecule has 0 saturated heterocycles. The van der Waals surface area contributed by atoms with E-state index in [0.717, 1.165) is 31.3 Å². The standard InChI is InChI=1S/C29H44O4/c1-8-22(5)28(31)24(7)29(32)23(6)18-20(3)12-10-13-21(4)19-25(9-2)16-17-26-14-11-15-27(30)33-26/h10-12,15-19,21-24,26,28,31H,8-9,13-14H2,1-7H3/b12-10+,17-16+,20-18+,25-19-/t21?,22-,23+,24-,26?,28+/m0/s1. The van der Waals surface area contributed by atoms with E-state index in [4.69, 9.17) is 4.74 Å². The number of aliphatic hydroxyl groups is 1. The van der Waals surface area contributed by atoms with Crippen LogP contribution in [0.25, 0.3) is 0 Å². The molecule has 6 atom stereocenters. The minimum atomic E-state index is -0.592. The van der Waals surface area contributed by atoms with Gasteiger partial charge in [0, 0.05) is 24.3 Å². The molecule has 4 heteroatoms. The fourth-order valence-corrected chi connectivity index (χ4v) is 3.93. The quantitative estimate of drug-likeness (QED) is 0.253. The fraction of sp³-hybridized carbons (Fsp3) is 0.586. The number of ketones is 1. The number of rotatable bonds is 13. The molecule has 33 heavy (non-hydrogen) atoms. The fourth-order valence-electron chi connectivity index (χ4n) is 3.93. The Morgan fingerprint density at radius 1 is 1.18 bits per heavy atom. The number of cyclic esters (lactones) is 1. The predicted molar refractivity (Wildman–Crippen MR) is 137 cm³/mol. The maximum absolute atomic E-state index is 12.7. The van der Waals surface area contributed by atoms with Crippen LogP contribution < -0.4 is 0 Å². The van der Waals surface area contributed by atoms with Gasteiger partial charge in [-0.05, 0) is 37.7 Å². The summed E-state index contributed by atoms with van der Waals surface area (Å²) < 4.78 is 5.28. The Bertz CT molecular complexity index is 783. The molecule has 0 spiro atoms. The first-order chi connectivity index (χ1) is 15.6. The highest BCUT2D eigenvalue weighted by atomic mass is 16.5. The number of aliphatic hydroxyl groups excluding tert-OH is 1. The summed E-state index contributed by atoms with van der Waals surface area (Å²) >= 11 is 0. The average molecular weight is 457 g/mol. The molecule has 0 radical (unpaired) electrons. The summed E-state index contributed by atoms with van der Waals surface area (Å²) in [6.07, 6.45) is 18.4. The van der Waals surface area contributed by atoms with Crippen LogP contribution in [0.15, 0.2) is 59.8 Å². The van der Waals surface area contributed by atoms with Gasteiger partial charge in [-0.3, -0.25) is 4.79 Å². The van der Waals surface area contributed by atoms with Gasteiger partial charge in [-0.15, -0.1) is 0 Å². The molecule has 0 amide bonds. The maximum atomic E-state index is 12.7. The van der Waals surface area contributed by atoms with Crippen molar-refractivity contribution in [1.82, 2.24) is 0 Å². The first-order valence-electron chi connectivity index (χ1n) is 12.4. The zero-order valence-electron chi connectivity index (χ0n) is 21.6. The van der Waals surface area contributed by atoms with E-state index in [1.165, 1.54) is 11.6 Å². The zero-order chi connectivity index (χ0) is 25.0. The second kappa shape index (κ2) is 14.8. The Morgan fingerprint density at radius 3 is 2.48 bits per heavy atom. The van der Waals surface area contributed by atoms with Crippen molar-refractivity contribution < 1.29 is 19.4 Å². The Kier molecular flexibility index (Phi) is 13.0. The Labute approximate surface area is 201 Å². The van der Waals surface area contributed by atoms with Gasteiger partial charge in [0.25, 0.3) is 0 Å². The molecule has 1 N–H and O–H groups in total. The van der Waals surface area contributed by atoms with Crippen molar-refractivity contribution in [1.29, 1.82) is 0 Å². The molecule has 1 rings (SSSR count). The normalized spacial score (nSPS) is 22.3. The first-order valence-corrected chi connectivity index (χ1v) is 12.4. The van der Waals surface area contributed by atoms with Crippen LogP contribution in [0.3, 0.4) is 0 Å². The van der Waals surface area contributed by atoms with Gasteiger partial charge >= 0.3 is 5.97 Å². The van der Waals surface area contributed by atoms with Gasteiger partial charge in [0.1, 0.15) is 11.9 Å². The summed E-state index contributed by atoms with van der Waals surface area (Å²) in [7, 11) is 0. The van der Waals surface area contributed by atoms with Gasteiger partial charge in [0.05, 0.1) is 6.10 Å². The molecule has 1 aliphatic heterocycles. The summed E-state index contributed by atoms with van der Waals surface area (Å²) in [5.74, 6) is -0.286. The van der Waals surface area contributed by atoms with Gasteiger partial charge < -0.3 is 9.84 Å². The first kappa shape index (κ1) is 28.8. The number of esters is 1. The third kappa shape index (κ3) is 10.5. The van der Waals surface area contributed by atoms with Crippen LogP contribution >= 0.6 is 0 Å². The number of carbonyl (C=O) groups excluding carboxylic acids is 2. The van der Waals surface area contributed by atoms with Gasteiger partial charge in [-0.25, -0.2) is 4.79 Å². The molecule has 4 nitrogen and oxygen atoms in total. The summed E-state index contributed by atoms with van der Waals surface area (Å²) in [5, 5.41) is 10.4. The lowest BCUT2D eigenvalue weighted by atomic mass is 9.84. The minimum Gasteiger partial charge on any atom is -0.455 e. The Hall–Kier alpha value is -2.20. The van der Waals surface area contributed by atoms with Gasteiger partial charge in [0.15, 0.2) is 0 Å². The van der Waals surface area contributed by atoms with Crippen molar-refractivity contribution in [2.24, 2.45) is 23.7 Å². The van der Waals surface area contributed by atoms with Crippen molar-refractivity contribution in [2.45, 2.75) is 86.4 Å². The van der Waals surface area contributed by atoms with Crippen molar-refractivity contribution in [3.05, 3.63) is 59.8 Å². The van der Waals surface area contributed by atoms with Crippen LogP contribution in [0.1, 0.15) is 74.1 Å². The van der Waals surface area contributed by atoms with E-state index >= 15 is 0 Å². The number of ether oxygens (including phenoxy) is 1. The van der Waals surface area contributed by atoms with Gasteiger partial charge in [-0.1, -0.05) is 95.6 Å². The van der Waals surface area contributed by atoms with E-state index in [-0.39, 0.29) is 35.6 Å². The molecule has 184 valence electrons.